The largest absolute Gasteiger partial charge is 0.490 e. The van der Waals surface area contributed by atoms with Crippen molar-refractivity contribution in [1.82, 2.24) is 5.32 Å². The zero-order chi connectivity index (χ0) is 26.7. The summed E-state index contributed by atoms with van der Waals surface area (Å²) in [6, 6.07) is 32.6. The van der Waals surface area contributed by atoms with Crippen molar-refractivity contribution in [2.45, 2.75) is 0 Å². The highest BCUT2D eigenvalue weighted by Crippen LogP contribution is 2.18. The number of para-hydroxylation sites is 2. The van der Waals surface area contributed by atoms with Crippen molar-refractivity contribution in [1.29, 1.82) is 0 Å². The average Bonchev–Trinajstić information content (AvgIpc) is 2.96. The Kier molecular flexibility index (Phi) is 9.04. The SMILES string of the molecule is CN(C(=O)c1cccc(NC(=S)NC(=O)c2ccc(OCCOc3ccccc3)cc2)c1)c1ccccc1. The second kappa shape index (κ2) is 13.0. The molecule has 0 aromatic heterocycles. The Morgan fingerprint density at radius 2 is 1.34 bits per heavy atom. The third-order valence-corrected chi connectivity index (χ3v) is 5.73. The standard InChI is InChI=1S/C30H27N3O4S/c1-33(25-11-4-2-5-12-25)29(35)23-9-8-10-24(21-23)31-30(38)32-28(34)22-15-17-27(18-16-22)37-20-19-36-26-13-6-3-7-14-26/h2-18,21H,19-20H2,1H3,(H2,31,32,34,38). The first-order valence-corrected chi connectivity index (χ1v) is 12.4. The van der Waals surface area contributed by atoms with Gasteiger partial charge in [0.05, 0.1) is 0 Å². The summed E-state index contributed by atoms with van der Waals surface area (Å²) in [6.07, 6.45) is 0. The molecule has 8 heteroatoms. The van der Waals surface area contributed by atoms with Crippen molar-refractivity contribution in [2.24, 2.45) is 0 Å². The Hall–Kier alpha value is -4.69. The van der Waals surface area contributed by atoms with E-state index < -0.39 is 0 Å². The molecular weight excluding hydrogens is 498 g/mol. The second-order valence-electron chi connectivity index (χ2n) is 8.22. The fraction of sp³-hybridized carbons (Fsp3) is 0.100. The molecule has 0 unspecified atom stereocenters. The van der Waals surface area contributed by atoms with Crippen LogP contribution in [0.15, 0.2) is 109 Å². The number of carbonyl (C=O) groups is 2. The Bertz CT molecular complexity index is 1380. The van der Waals surface area contributed by atoms with Crippen LogP contribution < -0.4 is 25.0 Å². The number of nitrogens with zero attached hydrogens (tertiary/aromatic N) is 1. The summed E-state index contributed by atoms with van der Waals surface area (Å²) in [5.74, 6) is 0.882. The predicted octanol–water partition coefficient (Wildman–Crippen LogP) is 5.55. The van der Waals surface area contributed by atoms with Crippen molar-refractivity contribution >= 4 is 40.5 Å². The number of hydrogen-bond acceptors (Lipinski definition) is 5. The lowest BCUT2D eigenvalue weighted by atomic mass is 10.1. The van der Waals surface area contributed by atoms with Crippen LogP contribution in [-0.2, 0) is 0 Å². The monoisotopic (exact) mass is 525 g/mol. The van der Waals surface area contributed by atoms with E-state index in [-0.39, 0.29) is 16.9 Å². The van der Waals surface area contributed by atoms with Gasteiger partial charge in [0.15, 0.2) is 5.11 Å². The fourth-order valence-electron chi connectivity index (χ4n) is 3.57. The molecular formula is C30H27N3O4S. The highest BCUT2D eigenvalue weighted by atomic mass is 32.1. The van der Waals surface area contributed by atoms with Gasteiger partial charge in [-0.15, -0.1) is 0 Å². The van der Waals surface area contributed by atoms with Crippen LogP contribution in [-0.4, -0.2) is 37.2 Å². The molecule has 0 bridgehead atoms. The van der Waals surface area contributed by atoms with Crippen molar-refractivity contribution in [3.63, 3.8) is 0 Å². The topological polar surface area (TPSA) is 79.9 Å². The Morgan fingerprint density at radius 3 is 2.00 bits per heavy atom. The van der Waals surface area contributed by atoms with Crippen LogP contribution in [0.1, 0.15) is 20.7 Å². The molecule has 0 spiro atoms. The fourth-order valence-corrected chi connectivity index (χ4v) is 3.78. The zero-order valence-electron chi connectivity index (χ0n) is 20.8. The van der Waals surface area contributed by atoms with Gasteiger partial charge in [-0.1, -0.05) is 42.5 Å². The molecule has 0 saturated heterocycles. The number of hydrogen-bond donors (Lipinski definition) is 2. The smallest absolute Gasteiger partial charge is 0.258 e. The van der Waals surface area contributed by atoms with E-state index in [0.717, 1.165) is 11.4 Å². The summed E-state index contributed by atoms with van der Waals surface area (Å²) < 4.78 is 11.3. The first-order chi connectivity index (χ1) is 18.5. The number of rotatable bonds is 9. The number of nitrogens with one attached hydrogen (secondary N) is 2. The van der Waals surface area contributed by atoms with Gasteiger partial charge < -0.3 is 19.7 Å². The third kappa shape index (κ3) is 7.41. The number of benzene rings is 4. The highest BCUT2D eigenvalue weighted by Gasteiger charge is 2.14. The van der Waals surface area contributed by atoms with E-state index in [2.05, 4.69) is 10.6 Å². The van der Waals surface area contributed by atoms with E-state index >= 15 is 0 Å². The van der Waals surface area contributed by atoms with Gasteiger partial charge in [0.25, 0.3) is 11.8 Å². The van der Waals surface area contributed by atoms with Crippen LogP contribution in [0.4, 0.5) is 11.4 Å². The van der Waals surface area contributed by atoms with Crippen molar-refractivity contribution in [3.05, 3.63) is 120 Å². The molecule has 4 aromatic rings. The van der Waals surface area contributed by atoms with Gasteiger partial charge in [-0.3, -0.25) is 14.9 Å². The van der Waals surface area contributed by atoms with Crippen LogP contribution >= 0.6 is 12.2 Å². The van der Waals surface area contributed by atoms with Crippen molar-refractivity contribution in [2.75, 3.05) is 30.5 Å². The molecule has 38 heavy (non-hydrogen) atoms. The molecule has 0 fully saturated rings. The van der Waals surface area contributed by atoms with Gasteiger partial charge in [-0.25, -0.2) is 0 Å². The maximum atomic E-state index is 12.9. The average molecular weight is 526 g/mol. The number of ether oxygens (including phenoxy) is 2. The van der Waals surface area contributed by atoms with Crippen molar-refractivity contribution in [3.8, 4) is 11.5 Å². The van der Waals surface area contributed by atoms with Gasteiger partial charge in [-0.2, -0.15) is 0 Å². The summed E-state index contributed by atoms with van der Waals surface area (Å²) in [5, 5.41) is 5.74. The molecule has 0 heterocycles. The quantitative estimate of drug-likeness (QED) is 0.220. The minimum absolute atomic E-state index is 0.120. The van der Waals surface area contributed by atoms with E-state index in [1.54, 1.807) is 60.5 Å². The highest BCUT2D eigenvalue weighted by molar-refractivity contribution is 7.80. The Morgan fingerprint density at radius 1 is 0.737 bits per heavy atom. The molecule has 0 aliphatic carbocycles. The lowest BCUT2D eigenvalue weighted by molar-refractivity contribution is 0.0974. The summed E-state index contributed by atoms with van der Waals surface area (Å²) in [4.78, 5) is 27.1. The molecule has 7 nitrogen and oxygen atoms in total. The molecule has 0 aliphatic rings. The summed E-state index contributed by atoms with van der Waals surface area (Å²) >= 11 is 5.31. The molecule has 4 aromatic carbocycles. The number of thiocarbonyl (C=S) groups is 1. The molecule has 0 aliphatic heterocycles. The molecule has 0 saturated carbocycles. The van der Waals surface area contributed by atoms with E-state index in [1.165, 1.54) is 0 Å². The summed E-state index contributed by atoms with van der Waals surface area (Å²) in [6.45, 7) is 0.776. The molecule has 2 N–H and O–H groups in total. The van der Waals surface area contributed by atoms with E-state index in [0.29, 0.717) is 35.8 Å². The number of amides is 2. The maximum Gasteiger partial charge on any atom is 0.258 e. The van der Waals surface area contributed by atoms with Crippen LogP contribution in [0.25, 0.3) is 0 Å². The molecule has 4 rings (SSSR count). The van der Waals surface area contributed by atoms with Gasteiger partial charge in [0, 0.05) is 29.5 Å². The molecule has 0 atom stereocenters. The Balaban J connectivity index is 1.26. The normalized spacial score (nSPS) is 10.2. The van der Waals surface area contributed by atoms with Crippen molar-refractivity contribution < 1.29 is 19.1 Å². The van der Waals surface area contributed by atoms with Gasteiger partial charge in [0.2, 0.25) is 0 Å². The number of carbonyl (C=O) groups excluding carboxylic acids is 2. The lowest BCUT2D eigenvalue weighted by Crippen LogP contribution is -2.34. The van der Waals surface area contributed by atoms with Crippen LogP contribution in [0.3, 0.4) is 0 Å². The van der Waals surface area contributed by atoms with Crippen LogP contribution in [0.2, 0.25) is 0 Å². The molecule has 0 radical (unpaired) electrons. The Labute approximate surface area is 227 Å². The lowest BCUT2D eigenvalue weighted by Gasteiger charge is -2.18. The van der Waals surface area contributed by atoms with Gasteiger partial charge >= 0.3 is 0 Å². The molecule has 2 amide bonds. The van der Waals surface area contributed by atoms with E-state index in [4.69, 9.17) is 21.7 Å². The maximum absolute atomic E-state index is 12.9. The van der Waals surface area contributed by atoms with Gasteiger partial charge in [-0.05, 0) is 78.9 Å². The van der Waals surface area contributed by atoms with Crippen LogP contribution in [0.5, 0.6) is 11.5 Å². The van der Waals surface area contributed by atoms with E-state index in [9.17, 15) is 9.59 Å². The van der Waals surface area contributed by atoms with Crippen LogP contribution in [0, 0.1) is 0 Å². The summed E-state index contributed by atoms with van der Waals surface area (Å²) in [7, 11) is 1.72. The first-order valence-electron chi connectivity index (χ1n) is 12.0. The van der Waals surface area contributed by atoms with E-state index in [1.807, 2.05) is 60.7 Å². The predicted molar refractivity (Wildman–Crippen MR) is 153 cm³/mol. The second-order valence-corrected chi connectivity index (χ2v) is 8.63. The zero-order valence-corrected chi connectivity index (χ0v) is 21.6. The molecule has 192 valence electrons. The number of anilines is 2. The third-order valence-electron chi connectivity index (χ3n) is 5.52. The summed E-state index contributed by atoms with van der Waals surface area (Å²) in [5.41, 5.74) is 2.29. The minimum Gasteiger partial charge on any atom is -0.490 e. The first kappa shape index (κ1) is 26.4. The van der Waals surface area contributed by atoms with Gasteiger partial charge in [0.1, 0.15) is 24.7 Å². The minimum atomic E-state index is -0.363.